The Morgan fingerprint density at radius 3 is 2.80 bits per heavy atom. The summed E-state index contributed by atoms with van der Waals surface area (Å²) < 4.78 is 7.57. The Hall–Kier alpha value is -0.680. The van der Waals surface area contributed by atoms with E-state index in [0.29, 0.717) is 6.42 Å². The highest BCUT2D eigenvalue weighted by Crippen LogP contribution is 2.21. The first-order chi connectivity index (χ1) is 7.10. The van der Waals surface area contributed by atoms with Crippen molar-refractivity contribution >= 4 is 21.7 Å². The van der Waals surface area contributed by atoms with Crippen LogP contribution in [-0.4, -0.2) is 29.3 Å². The number of ether oxygens (including phenoxy) is 1. The Morgan fingerprint density at radius 2 is 2.27 bits per heavy atom. The molecule has 1 heterocycles. The molecule has 0 atom stereocenters. The zero-order chi connectivity index (χ0) is 11.4. The maximum Gasteiger partial charge on any atom is 0.164 e. The van der Waals surface area contributed by atoms with Gasteiger partial charge in [-0.3, -0.25) is 9.48 Å². The number of hydrogen-bond acceptors (Lipinski definition) is 3. The van der Waals surface area contributed by atoms with Gasteiger partial charge in [0.05, 0.1) is 22.3 Å². The van der Waals surface area contributed by atoms with E-state index in [4.69, 9.17) is 4.74 Å². The summed E-state index contributed by atoms with van der Waals surface area (Å²) in [6, 6.07) is 0. The van der Waals surface area contributed by atoms with Crippen LogP contribution in [0.4, 0.5) is 0 Å². The average molecular weight is 275 g/mol. The summed E-state index contributed by atoms with van der Waals surface area (Å²) in [5.41, 5.74) is 1.84. The van der Waals surface area contributed by atoms with Crippen molar-refractivity contribution < 1.29 is 9.53 Å². The molecular weight excluding hydrogens is 260 g/mol. The smallest absolute Gasteiger partial charge is 0.164 e. The van der Waals surface area contributed by atoms with E-state index in [0.717, 1.165) is 22.4 Å². The van der Waals surface area contributed by atoms with Crippen LogP contribution in [0.1, 0.15) is 18.3 Å². The van der Waals surface area contributed by atoms with Gasteiger partial charge in [0.25, 0.3) is 0 Å². The molecule has 0 radical (unpaired) electrons. The number of carbonyl (C=O) groups excluding carboxylic acids is 1. The Kier molecular flexibility index (Phi) is 4.47. The second-order valence-electron chi connectivity index (χ2n) is 3.31. The lowest BCUT2D eigenvalue weighted by Crippen LogP contribution is -2.13. The summed E-state index contributed by atoms with van der Waals surface area (Å²) in [6.07, 6.45) is 0.364. The van der Waals surface area contributed by atoms with Gasteiger partial charge in [0, 0.05) is 13.7 Å². The molecule has 0 fully saturated rings. The molecule has 0 amide bonds. The van der Waals surface area contributed by atoms with Crippen LogP contribution in [-0.2, 0) is 22.5 Å². The summed E-state index contributed by atoms with van der Waals surface area (Å²) >= 11 is 3.45. The van der Waals surface area contributed by atoms with Gasteiger partial charge in [-0.2, -0.15) is 5.10 Å². The van der Waals surface area contributed by atoms with Crippen molar-refractivity contribution in [1.82, 2.24) is 9.78 Å². The monoisotopic (exact) mass is 274 g/mol. The minimum Gasteiger partial charge on any atom is -0.377 e. The molecule has 4 nitrogen and oxygen atoms in total. The van der Waals surface area contributed by atoms with Crippen LogP contribution in [0, 0.1) is 6.92 Å². The van der Waals surface area contributed by atoms with Crippen LogP contribution >= 0.6 is 15.9 Å². The van der Waals surface area contributed by atoms with Gasteiger partial charge in [-0.15, -0.1) is 0 Å². The highest BCUT2D eigenvalue weighted by molar-refractivity contribution is 9.10. The average Bonchev–Trinajstić information content (AvgIpc) is 2.46. The zero-order valence-electron chi connectivity index (χ0n) is 9.21. The number of methoxy groups -OCH3 is 1. The molecule has 0 saturated carbocycles. The van der Waals surface area contributed by atoms with Crippen molar-refractivity contribution in [2.75, 3.05) is 13.7 Å². The Morgan fingerprint density at radius 1 is 1.60 bits per heavy atom. The molecule has 1 aromatic rings. The van der Waals surface area contributed by atoms with Gasteiger partial charge in [0.15, 0.2) is 5.78 Å². The molecule has 0 aliphatic rings. The highest BCUT2D eigenvalue weighted by atomic mass is 79.9. The fourth-order valence-corrected chi connectivity index (χ4v) is 1.86. The summed E-state index contributed by atoms with van der Waals surface area (Å²) in [4.78, 5) is 11.5. The van der Waals surface area contributed by atoms with Gasteiger partial charge in [-0.25, -0.2) is 0 Å². The fourth-order valence-electron chi connectivity index (χ4n) is 1.44. The number of nitrogens with zero attached hydrogens (tertiary/aromatic N) is 2. The Labute approximate surface area is 97.7 Å². The molecule has 0 aromatic carbocycles. The largest absolute Gasteiger partial charge is 0.377 e. The predicted octanol–water partition coefficient (Wildman–Crippen LogP) is 1.73. The molecule has 0 spiro atoms. The maximum absolute atomic E-state index is 11.5. The van der Waals surface area contributed by atoms with E-state index < -0.39 is 0 Å². The lowest BCUT2D eigenvalue weighted by atomic mass is 10.2. The lowest BCUT2D eigenvalue weighted by Gasteiger charge is -2.04. The van der Waals surface area contributed by atoms with Crippen LogP contribution in [0.15, 0.2) is 4.47 Å². The van der Waals surface area contributed by atoms with E-state index in [-0.39, 0.29) is 12.4 Å². The van der Waals surface area contributed by atoms with Crippen LogP contribution in [0.25, 0.3) is 0 Å². The van der Waals surface area contributed by atoms with Crippen LogP contribution in [0.2, 0.25) is 0 Å². The predicted molar refractivity (Wildman–Crippen MR) is 60.9 cm³/mol. The molecule has 0 N–H and O–H groups in total. The van der Waals surface area contributed by atoms with Crippen molar-refractivity contribution in [3.8, 4) is 0 Å². The molecule has 84 valence electrons. The first-order valence-electron chi connectivity index (χ1n) is 4.82. The molecule has 0 aliphatic carbocycles. The van der Waals surface area contributed by atoms with Crippen molar-refractivity contribution in [2.45, 2.75) is 26.8 Å². The van der Waals surface area contributed by atoms with E-state index in [1.165, 1.54) is 7.11 Å². The van der Waals surface area contributed by atoms with Crippen molar-refractivity contribution in [3.05, 3.63) is 15.9 Å². The molecular formula is C10H15BrN2O2. The van der Waals surface area contributed by atoms with E-state index in [9.17, 15) is 4.79 Å². The van der Waals surface area contributed by atoms with E-state index in [1.807, 2.05) is 18.5 Å². The number of carbonyl (C=O) groups is 1. The van der Waals surface area contributed by atoms with Gasteiger partial charge in [0.2, 0.25) is 0 Å². The number of rotatable bonds is 5. The standard InChI is InChI=1S/C10H15BrN2O2/c1-4-13-9(5-8(14)6-15-3)10(11)7(2)12-13/h4-6H2,1-3H3. The number of ketones is 1. The molecule has 1 rings (SSSR count). The minimum atomic E-state index is 0.0628. The van der Waals surface area contributed by atoms with Crippen LogP contribution < -0.4 is 0 Å². The fraction of sp³-hybridized carbons (Fsp3) is 0.600. The SMILES string of the molecule is CCn1nc(C)c(Br)c1CC(=O)COC. The van der Waals surface area contributed by atoms with E-state index in [1.54, 1.807) is 0 Å². The van der Waals surface area contributed by atoms with Crippen molar-refractivity contribution in [2.24, 2.45) is 0 Å². The molecule has 5 heteroatoms. The number of aromatic nitrogens is 2. The van der Waals surface area contributed by atoms with Gasteiger partial charge in [-0.1, -0.05) is 0 Å². The highest BCUT2D eigenvalue weighted by Gasteiger charge is 2.15. The summed E-state index contributed by atoms with van der Waals surface area (Å²) in [5, 5.41) is 4.32. The first-order valence-corrected chi connectivity index (χ1v) is 5.61. The molecule has 1 aromatic heterocycles. The molecule has 15 heavy (non-hydrogen) atoms. The van der Waals surface area contributed by atoms with Crippen LogP contribution in [0.5, 0.6) is 0 Å². The number of halogens is 1. The van der Waals surface area contributed by atoms with Crippen molar-refractivity contribution in [1.29, 1.82) is 0 Å². The van der Waals surface area contributed by atoms with Crippen molar-refractivity contribution in [3.63, 3.8) is 0 Å². The molecule has 0 saturated heterocycles. The number of hydrogen-bond donors (Lipinski definition) is 0. The Balaban J connectivity index is 2.87. The number of aryl methyl sites for hydroxylation is 2. The molecule has 0 aliphatic heterocycles. The topological polar surface area (TPSA) is 44.1 Å². The summed E-state index contributed by atoms with van der Waals surface area (Å²) in [7, 11) is 1.52. The molecule has 0 bridgehead atoms. The Bertz CT molecular complexity index is 361. The second kappa shape index (κ2) is 5.42. The third kappa shape index (κ3) is 2.89. The number of Topliss-reactive ketones (excluding diaryl/α,β-unsaturated/α-hetero) is 1. The molecule has 0 unspecified atom stereocenters. The van der Waals surface area contributed by atoms with E-state index in [2.05, 4.69) is 21.0 Å². The first kappa shape index (κ1) is 12.4. The van der Waals surface area contributed by atoms with E-state index >= 15 is 0 Å². The zero-order valence-corrected chi connectivity index (χ0v) is 10.8. The summed E-state index contributed by atoms with van der Waals surface area (Å²) in [5.74, 6) is 0.0628. The third-order valence-corrected chi connectivity index (χ3v) is 3.15. The van der Waals surface area contributed by atoms with Gasteiger partial charge in [0.1, 0.15) is 6.61 Å². The van der Waals surface area contributed by atoms with Gasteiger partial charge < -0.3 is 4.74 Å². The lowest BCUT2D eigenvalue weighted by molar-refractivity contribution is -0.122. The summed E-state index contributed by atoms with van der Waals surface area (Å²) in [6.45, 7) is 4.84. The maximum atomic E-state index is 11.5. The van der Waals surface area contributed by atoms with Gasteiger partial charge in [-0.05, 0) is 29.8 Å². The third-order valence-electron chi connectivity index (χ3n) is 2.12. The normalized spacial score (nSPS) is 10.7. The van der Waals surface area contributed by atoms with Crippen LogP contribution in [0.3, 0.4) is 0 Å². The quantitative estimate of drug-likeness (QED) is 0.822. The minimum absolute atomic E-state index is 0.0628. The van der Waals surface area contributed by atoms with Gasteiger partial charge >= 0.3 is 0 Å². The second-order valence-corrected chi connectivity index (χ2v) is 4.10.